The number of rotatable bonds is 9. The Morgan fingerprint density at radius 1 is 1.03 bits per heavy atom. The minimum atomic E-state index is -0.609. The molecule has 2 N–H and O–H groups in total. The Hall–Kier alpha value is -3.00. The van der Waals surface area contributed by atoms with Crippen LogP contribution in [0.25, 0.3) is 0 Å². The molecule has 8 heteroatoms. The molecule has 2 aromatic rings. The van der Waals surface area contributed by atoms with E-state index < -0.39 is 11.8 Å². The topological polar surface area (TPSA) is 87.0 Å². The summed E-state index contributed by atoms with van der Waals surface area (Å²) in [5, 5.41) is 5.46. The molecule has 2 heterocycles. The molecular formula is C24H34N4O4. The van der Waals surface area contributed by atoms with Gasteiger partial charge in [0.2, 0.25) is 0 Å². The SMILES string of the molecule is COc1ccc(N2CCN([C@@H](CNC(=O)C(=O)NCCC(C)C)c3ccco3)CC2)cc1. The van der Waals surface area contributed by atoms with Crippen LogP contribution in [0.2, 0.25) is 0 Å². The second-order valence-electron chi connectivity index (χ2n) is 8.40. The minimum Gasteiger partial charge on any atom is -0.497 e. The lowest BCUT2D eigenvalue weighted by atomic mass is 10.1. The third-order valence-corrected chi connectivity index (χ3v) is 5.73. The molecule has 1 saturated heterocycles. The fraction of sp³-hybridized carbons (Fsp3) is 0.500. The van der Waals surface area contributed by atoms with Crippen molar-refractivity contribution in [3.05, 3.63) is 48.4 Å². The molecule has 1 aliphatic rings. The van der Waals surface area contributed by atoms with Crippen molar-refractivity contribution in [3.63, 3.8) is 0 Å². The van der Waals surface area contributed by atoms with Crippen LogP contribution in [-0.4, -0.2) is 63.1 Å². The van der Waals surface area contributed by atoms with Gasteiger partial charge < -0.3 is 24.7 Å². The monoisotopic (exact) mass is 442 g/mol. The molecule has 1 aliphatic heterocycles. The normalized spacial score (nSPS) is 15.4. The molecular weight excluding hydrogens is 408 g/mol. The maximum atomic E-state index is 12.3. The van der Waals surface area contributed by atoms with Gasteiger partial charge in [0.15, 0.2) is 0 Å². The van der Waals surface area contributed by atoms with Crippen LogP contribution in [0.3, 0.4) is 0 Å². The van der Waals surface area contributed by atoms with E-state index in [1.54, 1.807) is 13.4 Å². The molecule has 8 nitrogen and oxygen atoms in total. The third-order valence-electron chi connectivity index (χ3n) is 5.73. The van der Waals surface area contributed by atoms with Gasteiger partial charge >= 0.3 is 11.8 Å². The first-order valence-electron chi connectivity index (χ1n) is 11.2. The number of carbonyl (C=O) groups is 2. The molecule has 2 amide bonds. The van der Waals surface area contributed by atoms with Crippen molar-refractivity contribution < 1.29 is 18.7 Å². The number of anilines is 1. The van der Waals surface area contributed by atoms with Gasteiger partial charge in [-0.05, 0) is 48.7 Å². The molecule has 0 unspecified atom stereocenters. The van der Waals surface area contributed by atoms with Crippen molar-refractivity contribution in [2.75, 3.05) is 51.3 Å². The van der Waals surface area contributed by atoms with Crippen LogP contribution in [0.4, 0.5) is 5.69 Å². The van der Waals surface area contributed by atoms with Gasteiger partial charge in [-0.25, -0.2) is 0 Å². The predicted octanol–water partition coefficient (Wildman–Crippen LogP) is 2.43. The lowest BCUT2D eigenvalue weighted by Crippen LogP contribution is -2.50. The average molecular weight is 443 g/mol. The van der Waals surface area contributed by atoms with Crippen LogP contribution in [0.5, 0.6) is 5.75 Å². The van der Waals surface area contributed by atoms with Crippen LogP contribution >= 0.6 is 0 Å². The highest BCUT2D eigenvalue weighted by molar-refractivity contribution is 6.35. The van der Waals surface area contributed by atoms with Crippen LogP contribution in [0.1, 0.15) is 32.1 Å². The lowest BCUT2D eigenvalue weighted by molar-refractivity contribution is -0.139. The van der Waals surface area contributed by atoms with E-state index in [2.05, 4.69) is 46.4 Å². The number of piperazine rings is 1. The number of ether oxygens (including phenoxy) is 1. The quantitative estimate of drug-likeness (QED) is 0.580. The van der Waals surface area contributed by atoms with E-state index in [1.165, 1.54) is 0 Å². The summed E-state index contributed by atoms with van der Waals surface area (Å²) >= 11 is 0. The van der Waals surface area contributed by atoms with Crippen LogP contribution in [0.15, 0.2) is 47.1 Å². The molecule has 0 spiro atoms. The van der Waals surface area contributed by atoms with Gasteiger partial charge in [0.05, 0.1) is 19.4 Å². The summed E-state index contributed by atoms with van der Waals surface area (Å²) in [6, 6.07) is 11.7. The van der Waals surface area contributed by atoms with Crippen molar-refractivity contribution in [3.8, 4) is 5.75 Å². The number of methoxy groups -OCH3 is 1. The van der Waals surface area contributed by atoms with Crippen LogP contribution in [0, 0.1) is 5.92 Å². The maximum absolute atomic E-state index is 12.3. The standard InChI is InChI=1S/C24H34N4O4/c1-18(2)10-11-25-23(29)24(30)26-17-21(22-5-4-16-32-22)28-14-12-27(13-15-28)19-6-8-20(31-3)9-7-19/h4-9,16,18,21H,10-15,17H2,1-3H3,(H,25,29)(H,26,30)/t21-/m0/s1. The third kappa shape index (κ3) is 6.50. The molecule has 0 aliphatic carbocycles. The van der Waals surface area contributed by atoms with Gasteiger partial charge in [0.25, 0.3) is 0 Å². The number of hydrogen-bond donors (Lipinski definition) is 2. The largest absolute Gasteiger partial charge is 0.497 e. The van der Waals surface area contributed by atoms with Crippen LogP contribution < -0.4 is 20.3 Å². The fourth-order valence-corrected chi connectivity index (χ4v) is 3.80. The van der Waals surface area contributed by atoms with E-state index in [1.807, 2.05) is 24.3 Å². The summed E-state index contributed by atoms with van der Waals surface area (Å²) in [7, 11) is 1.66. The molecule has 1 fully saturated rings. The summed E-state index contributed by atoms with van der Waals surface area (Å²) in [6.07, 6.45) is 2.48. The van der Waals surface area contributed by atoms with E-state index in [9.17, 15) is 9.59 Å². The number of hydrogen-bond acceptors (Lipinski definition) is 6. The molecule has 0 radical (unpaired) electrons. The number of benzene rings is 1. The Morgan fingerprint density at radius 2 is 1.72 bits per heavy atom. The Bertz CT molecular complexity index is 843. The minimum absolute atomic E-state index is 0.129. The number of nitrogens with one attached hydrogen (secondary N) is 2. The number of furan rings is 1. The molecule has 3 rings (SSSR count). The zero-order chi connectivity index (χ0) is 22.9. The number of nitrogens with zero attached hydrogens (tertiary/aromatic N) is 2. The Morgan fingerprint density at radius 3 is 2.31 bits per heavy atom. The van der Waals surface area contributed by atoms with E-state index >= 15 is 0 Å². The van der Waals surface area contributed by atoms with Gasteiger partial charge in [-0.3, -0.25) is 14.5 Å². The van der Waals surface area contributed by atoms with Crippen molar-refractivity contribution in [1.82, 2.24) is 15.5 Å². The Balaban J connectivity index is 1.55. The van der Waals surface area contributed by atoms with Gasteiger partial charge in [0.1, 0.15) is 11.5 Å². The molecule has 1 aromatic heterocycles. The van der Waals surface area contributed by atoms with Gasteiger partial charge in [-0.2, -0.15) is 0 Å². The van der Waals surface area contributed by atoms with E-state index in [4.69, 9.17) is 9.15 Å². The van der Waals surface area contributed by atoms with E-state index in [0.717, 1.165) is 49.8 Å². The van der Waals surface area contributed by atoms with Crippen molar-refractivity contribution in [1.29, 1.82) is 0 Å². The zero-order valence-electron chi connectivity index (χ0n) is 19.2. The summed E-state index contributed by atoms with van der Waals surface area (Å²) in [5.41, 5.74) is 1.16. The Labute approximate surface area is 189 Å². The smallest absolute Gasteiger partial charge is 0.309 e. The molecule has 0 saturated carbocycles. The highest BCUT2D eigenvalue weighted by Gasteiger charge is 2.28. The van der Waals surface area contributed by atoms with Gasteiger partial charge in [-0.15, -0.1) is 0 Å². The van der Waals surface area contributed by atoms with Gasteiger partial charge in [-0.1, -0.05) is 13.8 Å². The van der Waals surface area contributed by atoms with E-state index in [0.29, 0.717) is 19.0 Å². The van der Waals surface area contributed by atoms with Crippen molar-refractivity contribution >= 4 is 17.5 Å². The number of carbonyl (C=O) groups excluding carboxylic acids is 2. The molecule has 32 heavy (non-hydrogen) atoms. The van der Waals surface area contributed by atoms with Crippen molar-refractivity contribution in [2.24, 2.45) is 5.92 Å². The lowest BCUT2D eigenvalue weighted by Gasteiger charge is -2.39. The summed E-state index contributed by atoms with van der Waals surface area (Å²) in [4.78, 5) is 29.0. The predicted molar refractivity (Wildman–Crippen MR) is 124 cm³/mol. The van der Waals surface area contributed by atoms with Crippen LogP contribution in [-0.2, 0) is 9.59 Å². The number of amides is 2. The molecule has 174 valence electrons. The zero-order valence-corrected chi connectivity index (χ0v) is 19.2. The van der Waals surface area contributed by atoms with E-state index in [-0.39, 0.29) is 6.04 Å². The second-order valence-corrected chi connectivity index (χ2v) is 8.40. The second kappa shape index (κ2) is 11.6. The summed E-state index contributed by atoms with van der Waals surface area (Å²) < 4.78 is 10.9. The highest BCUT2D eigenvalue weighted by Crippen LogP contribution is 2.25. The summed E-state index contributed by atoms with van der Waals surface area (Å²) in [5.74, 6) is 0.895. The highest BCUT2D eigenvalue weighted by atomic mass is 16.5. The summed E-state index contributed by atoms with van der Waals surface area (Å²) in [6.45, 7) is 8.30. The first-order valence-corrected chi connectivity index (χ1v) is 11.2. The average Bonchev–Trinajstić information content (AvgIpc) is 3.34. The van der Waals surface area contributed by atoms with Crippen molar-refractivity contribution in [2.45, 2.75) is 26.3 Å². The molecule has 0 bridgehead atoms. The molecule has 1 aromatic carbocycles. The fourth-order valence-electron chi connectivity index (χ4n) is 3.80. The Kier molecular flexibility index (Phi) is 8.56. The molecule has 1 atom stereocenters. The van der Waals surface area contributed by atoms with Gasteiger partial charge in [0, 0.05) is 45.0 Å². The maximum Gasteiger partial charge on any atom is 0.309 e. The first-order chi connectivity index (χ1) is 15.5. The first kappa shape index (κ1) is 23.7.